The summed E-state index contributed by atoms with van der Waals surface area (Å²) in [6.07, 6.45) is 27.4. The highest BCUT2D eigenvalue weighted by atomic mass is 16.2. The fourth-order valence-electron chi connectivity index (χ4n) is 7.08. The molecular weight excluding hydrogens is 753 g/mol. The van der Waals surface area contributed by atoms with Crippen molar-refractivity contribution in [2.45, 2.75) is 182 Å². The number of amides is 2. The Morgan fingerprint density at radius 3 is 0.933 bits per heavy atom. The molecule has 0 aromatic carbocycles. The van der Waals surface area contributed by atoms with Crippen molar-refractivity contribution in [3.63, 3.8) is 0 Å². The van der Waals surface area contributed by atoms with Crippen LogP contribution in [0.5, 0.6) is 0 Å². The zero-order chi connectivity index (χ0) is 44.2. The van der Waals surface area contributed by atoms with Crippen molar-refractivity contribution in [2.24, 2.45) is 42.9 Å². The first kappa shape index (κ1) is 56.4. The van der Waals surface area contributed by atoms with Crippen molar-refractivity contribution in [2.75, 3.05) is 78.5 Å². The smallest absolute Gasteiger partial charge is 0.319 e. The molecule has 0 rings (SSSR count). The van der Waals surface area contributed by atoms with Gasteiger partial charge in [0, 0.05) is 78.5 Å². The molecule has 0 aliphatic carbocycles. The number of unbranched alkanes of at least 4 members (excludes halogenated alkanes) is 20. The lowest BCUT2D eigenvalue weighted by Crippen LogP contribution is -2.45. The molecule has 0 aliphatic rings. The van der Waals surface area contributed by atoms with Crippen molar-refractivity contribution in [3.8, 4) is 0 Å². The molecule has 2 amide bonds. The number of carbonyl (C=O) groups is 1. The Morgan fingerprint density at radius 1 is 0.367 bits per heavy atom. The summed E-state index contributed by atoms with van der Waals surface area (Å²) in [6.45, 7) is 17.7. The quantitative estimate of drug-likeness (QED) is 0.0185. The summed E-state index contributed by atoms with van der Waals surface area (Å²) in [6, 6.07) is 0.247. The van der Waals surface area contributed by atoms with Crippen LogP contribution in [0.25, 0.3) is 0 Å². The van der Waals surface area contributed by atoms with E-state index in [9.17, 15) is 4.79 Å². The summed E-state index contributed by atoms with van der Waals surface area (Å²) >= 11 is 0. The van der Waals surface area contributed by atoms with E-state index in [1.54, 1.807) is 0 Å². The molecule has 60 heavy (non-hydrogen) atoms. The monoisotopic (exact) mass is 849 g/mol. The molecule has 0 aromatic heterocycles. The van der Waals surface area contributed by atoms with Crippen LogP contribution in [-0.2, 0) is 0 Å². The highest BCUT2D eigenvalue weighted by molar-refractivity contribution is 5.78. The fourth-order valence-corrected chi connectivity index (χ4v) is 7.08. The van der Waals surface area contributed by atoms with Gasteiger partial charge in [-0.3, -0.25) is 20.0 Å². The van der Waals surface area contributed by atoms with Gasteiger partial charge in [0.1, 0.15) is 0 Å². The van der Waals surface area contributed by atoms with Crippen LogP contribution in [0.4, 0.5) is 4.79 Å². The maximum Gasteiger partial charge on any atom is 0.319 e. The highest BCUT2D eigenvalue weighted by Gasteiger charge is 2.20. The van der Waals surface area contributed by atoms with E-state index < -0.39 is 0 Å². The lowest BCUT2D eigenvalue weighted by molar-refractivity contribution is 0.148. The van der Waals surface area contributed by atoms with E-state index in [0.717, 1.165) is 155 Å². The van der Waals surface area contributed by atoms with Crippen molar-refractivity contribution >= 4 is 29.9 Å². The number of rotatable bonds is 40. The molecule has 0 heterocycles. The third kappa shape index (κ3) is 37.4. The number of hydrogen-bond acceptors (Lipinski definition) is 5. The lowest BCUT2D eigenvalue weighted by atomic mass is 10.1. The van der Waals surface area contributed by atoms with Crippen LogP contribution in [0, 0.1) is 0 Å². The summed E-state index contributed by atoms with van der Waals surface area (Å²) in [5.74, 6) is 2.17. The first-order valence-electron chi connectivity index (χ1n) is 24.5. The molecule has 15 heteroatoms. The minimum Gasteiger partial charge on any atom is -0.370 e. The lowest BCUT2D eigenvalue weighted by Gasteiger charge is -2.31. The van der Waals surface area contributed by atoms with E-state index in [1.807, 2.05) is 27.7 Å². The van der Waals surface area contributed by atoms with Gasteiger partial charge in [-0.25, -0.2) is 4.79 Å². The summed E-state index contributed by atoms with van der Waals surface area (Å²) in [5.41, 5.74) is 23.4. The number of hydrogen-bond donors (Lipinski definition) is 8. The maximum absolute atomic E-state index is 14.3. The number of nitrogens with two attached hydrogens (primary N) is 4. The van der Waals surface area contributed by atoms with Gasteiger partial charge in [0.05, 0.1) is 0 Å². The van der Waals surface area contributed by atoms with Crippen molar-refractivity contribution in [1.29, 1.82) is 0 Å². The summed E-state index contributed by atoms with van der Waals surface area (Å²) in [7, 11) is 0. The van der Waals surface area contributed by atoms with E-state index in [-0.39, 0.29) is 6.03 Å². The molecule has 0 radical (unpaired) electrons. The van der Waals surface area contributed by atoms with E-state index in [4.69, 9.17) is 22.9 Å². The Balaban J connectivity index is 5.18. The Hall–Kier alpha value is -3.65. The zero-order valence-corrected chi connectivity index (χ0v) is 39.4. The Kier molecular flexibility index (Phi) is 40.8. The molecular formula is C45H96N14O. The van der Waals surface area contributed by atoms with Crippen molar-refractivity contribution < 1.29 is 4.79 Å². The molecule has 12 N–H and O–H groups in total. The van der Waals surface area contributed by atoms with Gasteiger partial charge in [-0.1, -0.05) is 103 Å². The number of aliphatic imine (C=N–C) groups is 4. The average molecular weight is 849 g/mol. The van der Waals surface area contributed by atoms with Crippen LogP contribution < -0.4 is 44.2 Å². The molecule has 352 valence electrons. The second-order valence-electron chi connectivity index (χ2n) is 15.9. The van der Waals surface area contributed by atoms with Crippen LogP contribution in [0.2, 0.25) is 0 Å². The first-order chi connectivity index (χ1) is 29.3. The number of urea groups is 1. The van der Waals surface area contributed by atoms with Crippen LogP contribution in [-0.4, -0.2) is 118 Å². The zero-order valence-electron chi connectivity index (χ0n) is 39.4. The topological polar surface area (TPSA) is 225 Å². The average Bonchev–Trinajstić information content (AvgIpc) is 3.22. The molecule has 0 saturated carbocycles. The van der Waals surface area contributed by atoms with Gasteiger partial charge in [0.25, 0.3) is 0 Å². The van der Waals surface area contributed by atoms with E-state index in [2.05, 4.69) is 51.0 Å². The van der Waals surface area contributed by atoms with Gasteiger partial charge in [-0.2, -0.15) is 0 Å². The maximum atomic E-state index is 14.3. The molecule has 0 aromatic rings. The number of nitrogens with zero attached hydrogens (tertiary/aromatic N) is 6. The first-order valence-corrected chi connectivity index (χ1v) is 24.5. The Bertz CT molecular complexity index is 1020. The van der Waals surface area contributed by atoms with E-state index in [0.29, 0.717) is 36.9 Å². The number of carbonyl (C=O) groups excluding carboxylic acids is 1. The molecule has 0 bridgehead atoms. The Labute approximate surface area is 368 Å². The number of nitrogens with one attached hydrogen (secondary N) is 4. The standard InChI is InChI=1S/C45H96N14O/c1-5-50-41(46)54-33-25-17-9-13-21-29-37-58(38-30-22-14-10-18-26-34-55-42(47)51-6-2)45(60)59(39-31-23-15-11-19-27-35-56-43(48)52-7-3)40-32-24-16-12-20-28-36-57-44(49)53-8-4/h5-40H2,1-4H3,(H3,46,50,54)(H3,47,51,55)(H3,48,52,56)(H3,49,53,57). The molecule has 0 spiro atoms. The third-order valence-corrected chi connectivity index (χ3v) is 10.5. The van der Waals surface area contributed by atoms with E-state index >= 15 is 0 Å². The van der Waals surface area contributed by atoms with Crippen molar-refractivity contribution in [3.05, 3.63) is 0 Å². The van der Waals surface area contributed by atoms with Gasteiger partial charge in [0.2, 0.25) is 0 Å². The van der Waals surface area contributed by atoms with Gasteiger partial charge >= 0.3 is 6.03 Å². The minimum atomic E-state index is 0.247. The molecule has 0 saturated heterocycles. The number of guanidine groups is 4. The van der Waals surface area contributed by atoms with Crippen LogP contribution >= 0.6 is 0 Å². The summed E-state index contributed by atoms with van der Waals surface area (Å²) < 4.78 is 0. The molecule has 0 aliphatic heterocycles. The van der Waals surface area contributed by atoms with Gasteiger partial charge in [-0.05, 0) is 79.1 Å². The molecule has 0 atom stereocenters. The molecule has 0 unspecified atom stereocenters. The van der Waals surface area contributed by atoms with Crippen LogP contribution in [0.15, 0.2) is 20.0 Å². The van der Waals surface area contributed by atoms with E-state index in [1.165, 1.54) is 64.2 Å². The summed E-state index contributed by atoms with van der Waals surface area (Å²) in [5, 5.41) is 12.5. The Morgan fingerprint density at radius 2 is 0.633 bits per heavy atom. The highest BCUT2D eigenvalue weighted by Crippen LogP contribution is 2.15. The second kappa shape index (κ2) is 43.4. The van der Waals surface area contributed by atoms with Gasteiger partial charge in [0.15, 0.2) is 23.8 Å². The normalized spacial score (nSPS) is 12.5. The van der Waals surface area contributed by atoms with Crippen LogP contribution in [0.3, 0.4) is 0 Å². The van der Waals surface area contributed by atoms with Crippen LogP contribution in [0.1, 0.15) is 182 Å². The van der Waals surface area contributed by atoms with Gasteiger partial charge < -0.3 is 54.0 Å². The predicted octanol–water partition coefficient (Wildman–Crippen LogP) is 6.77. The fraction of sp³-hybridized carbons (Fsp3) is 0.889. The largest absolute Gasteiger partial charge is 0.370 e. The molecule has 0 fully saturated rings. The van der Waals surface area contributed by atoms with Gasteiger partial charge in [-0.15, -0.1) is 0 Å². The predicted molar refractivity (Wildman–Crippen MR) is 260 cm³/mol. The second-order valence-corrected chi connectivity index (χ2v) is 15.9. The van der Waals surface area contributed by atoms with Crippen molar-refractivity contribution in [1.82, 2.24) is 31.1 Å². The third-order valence-electron chi connectivity index (χ3n) is 10.5. The molecule has 15 nitrogen and oxygen atoms in total. The summed E-state index contributed by atoms with van der Waals surface area (Å²) in [4.78, 5) is 35.9. The SMILES string of the molecule is CCN=C(N)NCCCCCCCCN(CCCCCCCCNC(N)=NCC)C(=O)N(CCCCCCCCN=C(N)NCC)CCCCCCCCN=C(N)NCC. The minimum absolute atomic E-state index is 0.247.